The Morgan fingerprint density at radius 2 is 1.83 bits per heavy atom. The third-order valence-corrected chi connectivity index (χ3v) is 3.69. The van der Waals surface area contributed by atoms with Gasteiger partial charge in [0.1, 0.15) is 11.5 Å². The van der Waals surface area contributed by atoms with E-state index in [1.54, 1.807) is 18.2 Å². The highest BCUT2D eigenvalue weighted by molar-refractivity contribution is 9.10. The lowest BCUT2D eigenvalue weighted by molar-refractivity contribution is -0.139. The van der Waals surface area contributed by atoms with Crippen molar-refractivity contribution in [2.45, 2.75) is 6.18 Å². The van der Waals surface area contributed by atoms with E-state index in [1.165, 1.54) is 0 Å². The maximum atomic E-state index is 13.3. The number of benzene rings is 2. The van der Waals surface area contributed by atoms with Crippen molar-refractivity contribution in [3.05, 3.63) is 57.8 Å². The normalized spacial score (nSPS) is 15.7. The molecule has 0 aromatic heterocycles. The largest absolute Gasteiger partial charge is 0.419 e. The summed E-state index contributed by atoms with van der Waals surface area (Å²) in [5, 5.41) is 2.57. The van der Waals surface area contributed by atoms with Crippen LogP contribution in [0.3, 0.4) is 0 Å². The van der Waals surface area contributed by atoms with Gasteiger partial charge in [0.05, 0.1) is 16.9 Å². The number of carbonyl (C=O) groups excluding carboxylic acids is 1. The van der Waals surface area contributed by atoms with E-state index in [-0.39, 0.29) is 11.4 Å². The van der Waals surface area contributed by atoms with Gasteiger partial charge in [0.25, 0.3) is 5.91 Å². The van der Waals surface area contributed by atoms with E-state index >= 15 is 0 Å². The number of halogens is 5. The summed E-state index contributed by atoms with van der Waals surface area (Å²) < 4.78 is 52.2. The smallest absolute Gasteiger partial charge is 0.320 e. The molecule has 118 valence electrons. The minimum atomic E-state index is -4.83. The standard InChI is InChI=1S/C15H7BrF4N2O/c16-7-1-3-9-12(5-7)22-14(23)13(9)21-8-2-4-11(17)10(6-8)15(18,19)20/h1-6H,(H,21,22,23). The Morgan fingerprint density at radius 1 is 1.09 bits per heavy atom. The van der Waals surface area contributed by atoms with Crippen LogP contribution in [0.5, 0.6) is 0 Å². The summed E-state index contributed by atoms with van der Waals surface area (Å²) in [7, 11) is 0. The topological polar surface area (TPSA) is 41.5 Å². The van der Waals surface area contributed by atoms with E-state index in [4.69, 9.17) is 0 Å². The molecule has 23 heavy (non-hydrogen) atoms. The molecule has 0 fully saturated rings. The molecule has 1 amide bonds. The highest BCUT2D eigenvalue weighted by Gasteiger charge is 2.34. The SMILES string of the molecule is O=C1Nc2cc(Br)ccc2C1=Nc1ccc(F)c(C(F)(F)F)c1. The van der Waals surface area contributed by atoms with Gasteiger partial charge in [-0.15, -0.1) is 0 Å². The molecule has 0 saturated carbocycles. The lowest BCUT2D eigenvalue weighted by atomic mass is 10.1. The second-order valence-electron chi connectivity index (χ2n) is 4.77. The molecule has 0 bridgehead atoms. The van der Waals surface area contributed by atoms with Crippen LogP contribution in [-0.4, -0.2) is 11.6 Å². The Hall–Kier alpha value is -2.22. The number of nitrogens with zero attached hydrogens (tertiary/aromatic N) is 1. The molecule has 0 radical (unpaired) electrons. The van der Waals surface area contributed by atoms with Crippen molar-refractivity contribution in [3.8, 4) is 0 Å². The van der Waals surface area contributed by atoms with Crippen LogP contribution < -0.4 is 5.32 Å². The van der Waals surface area contributed by atoms with Crippen LogP contribution in [-0.2, 0) is 11.0 Å². The van der Waals surface area contributed by atoms with Crippen LogP contribution in [0.4, 0.5) is 28.9 Å². The summed E-state index contributed by atoms with van der Waals surface area (Å²) in [6.07, 6.45) is -4.83. The van der Waals surface area contributed by atoms with Gasteiger partial charge in [0, 0.05) is 10.0 Å². The van der Waals surface area contributed by atoms with Crippen LogP contribution in [0.2, 0.25) is 0 Å². The minimum Gasteiger partial charge on any atom is -0.320 e. The molecule has 0 atom stereocenters. The Kier molecular flexibility index (Phi) is 3.71. The first-order valence-electron chi connectivity index (χ1n) is 6.32. The van der Waals surface area contributed by atoms with E-state index in [2.05, 4.69) is 26.2 Å². The number of fused-ring (bicyclic) bond motifs is 1. The van der Waals surface area contributed by atoms with Gasteiger partial charge in [0.2, 0.25) is 0 Å². The Bertz CT molecular complexity index is 846. The quantitative estimate of drug-likeness (QED) is 0.710. The molecule has 1 heterocycles. The third kappa shape index (κ3) is 2.98. The van der Waals surface area contributed by atoms with Crippen molar-refractivity contribution in [3.63, 3.8) is 0 Å². The second kappa shape index (κ2) is 5.45. The summed E-state index contributed by atoms with van der Waals surface area (Å²) in [5.41, 5.74) is -0.627. The van der Waals surface area contributed by atoms with Gasteiger partial charge in [-0.05, 0) is 36.4 Å². The Labute approximate surface area is 136 Å². The van der Waals surface area contributed by atoms with Crippen LogP contribution in [0.15, 0.2) is 45.9 Å². The molecule has 3 nitrogen and oxygen atoms in total. The maximum absolute atomic E-state index is 13.3. The summed E-state index contributed by atoms with van der Waals surface area (Å²) >= 11 is 3.25. The fourth-order valence-corrected chi connectivity index (χ4v) is 2.53. The number of amides is 1. The van der Waals surface area contributed by atoms with Gasteiger partial charge < -0.3 is 5.32 Å². The number of hydrogen-bond donors (Lipinski definition) is 1. The number of aliphatic imine (C=N–C) groups is 1. The molecule has 2 aromatic carbocycles. The van der Waals surface area contributed by atoms with Crippen molar-refractivity contribution in [2.24, 2.45) is 4.99 Å². The predicted octanol–water partition coefficient (Wildman–Crippen LogP) is 4.68. The summed E-state index contributed by atoms with van der Waals surface area (Å²) in [6.45, 7) is 0. The first-order valence-corrected chi connectivity index (χ1v) is 7.12. The van der Waals surface area contributed by atoms with Crippen molar-refractivity contribution < 1.29 is 22.4 Å². The average molecular weight is 387 g/mol. The molecule has 2 aromatic rings. The molecule has 8 heteroatoms. The van der Waals surface area contributed by atoms with E-state index in [1.807, 2.05) is 0 Å². The number of anilines is 1. The molecule has 0 spiro atoms. The van der Waals surface area contributed by atoms with Crippen LogP contribution in [0.25, 0.3) is 0 Å². The molecule has 0 saturated heterocycles. The van der Waals surface area contributed by atoms with Crippen LogP contribution >= 0.6 is 15.9 Å². The van der Waals surface area contributed by atoms with Gasteiger partial charge in [-0.1, -0.05) is 15.9 Å². The lowest BCUT2D eigenvalue weighted by Gasteiger charge is -2.08. The maximum Gasteiger partial charge on any atom is 0.419 e. The number of rotatable bonds is 1. The van der Waals surface area contributed by atoms with Gasteiger partial charge in [-0.2, -0.15) is 13.2 Å². The summed E-state index contributed by atoms with van der Waals surface area (Å²) in [4.78, 5) is 15.9. The predicted molar refractivity (Wildman–Crippen MR) is 80.4 cm³/mol. The van der Waals surface area contributed by atoms with Gasteiger partial charge in [0.15, 0.2) is 0 Å². The Balaban J connectivity index is 2.08. The number of hydrogen-bond acceptors (Lipinski definition) is 2. The fourth-order valence-electron chi connectivity index (χ4n) is 2.17. The van der Waals surface area contributed by atoms with E-state index in [0.29, 0.717) is 23.4 Å². The van der Waals surface area contributed by atoms with Gasteiger partial charge in [-0.3, -0.25) is 4.79 Å². The average Bonchev–Trinajstić information content (AvgIpc) is 2.75. The van der Waals surface area contributed by atoms with Crippen molar-refractivity contribution in [1.29, 1.82) is 0 Å². The number of nitrogens with one attached hydrogen (secondary N) is 1. The van der Waals surface area contributed by atoms with Crippen molar-refractivity contribution in [2.75, 3.05) is 5.32 Å². The van der Waals surface area contributed by atoms with Gasteiger partial charge >= 0.3 is 6.18 Å². The molecular formula is C15H7BrF4N2O. The molecule has 0 unspecified atom stereocenters. The zero-order valence-corrected chi connectivity index (χ0v) is 12.8. The van der Waals surface area contributed by atoms with Crippen LogP contribution in [0.1, 0.15) is 11.1 Å². The second-order valence-corrected chi connectivity index (χ2v) is 5.68. The first-order chi connectivity index (χ1) is 10.8. The number of alkyl halides is 3. The number of carbonyl (C=O) groups is 1. The zero-order chi connectivity index (χ0) is 16.8. The van der Waals surface area contributed by atoms with E-state index < -0.39 is 23.5 Å². The lowest BCUT2D eigenvalue weighted by Crippen LogP contribution is -2.14. The molecule has 1 N–H and O–H groups in total. The molecule has 1 aliphatic rings. The highest BCUT2D eigenvalue weighted by Crippen LogP contribution is 2.34. The highest BCUT2D eigenvalue weighted by atomic mass is 79.9. The zero-order valence-electron chi connectivity index (χ0n) is 11.2. The Morgan fingerprint density at radius 3 is 2.52 bits per heavy atom. The van der Waals surface area contributed by atoms with Crippen molar-refractivity contribution >= 4 is 38.9 Å². The van der Waals surface area contributed by atoms with E-state index in [0.717, 1.165) is 10.5 Å². The van der Waals surface area contributed by atoms with E-state index in [9.17, 15) is 22.4 Å². The third-order valence-electron chi connectivity index (χ3n) is 3.20. The monoisotopic (exact) mass is 386 g/mol. The van der Waals surface area contributed by atoms with Crippen LogP contribution in [0, 0.1) is 5.82 Å². The van der Waals surface area contributed by atoms with Crippen molar-refractivity contribution in [1.82, 2.24) is 0 Å². The fraction of sp³-hybridized carbons (Fsp3) is 0.0667. The molecular weight excluding hydrogens is 380 g/mol. The first kappa shape index (κ1) is 15.7. The summed E-state index contributed by atoms with van der Waals surface area (Å²) in [5.74, 6) is -1.92. The molecule has 1 aliphatic heterocycles. The summed E-state index contributed by atoms with van der Waals surface area (Å²) in [6, 6.07) is 7.29. The minimum absolute atomic E-state index is 0.0211. The molecule has 0 aliphatic carbocycles. The molecule has 3 rings (SSSR count). The van der Waals surface area contributed by atoms with Gasteiger partial charge in [-0.25, -0.2) is 9.38 Å².